The molecular formula is C27H28O7. The topological polar surface area (TPSA) is 94.5 Å². The molecule has 0 saturated carbocycles. The highest BCUT2D eigenvalue weighted by Gasteiger charge is 2.46. The maximum atomic E-state index is 12.3. The molecule has 1 heterocycles. The van der Waals surface area contributed by atoms with Crippen LogP contribution in [0.15, 0.2) is 91.0 Å². The van der Waals surface area contributed by atoms with Crippen LogP contribution in [-0.4, -0.2) is 53.5 Å². The van der Waals surface area contributed by atoms with Crippen LogP contribution in [-0.2, 0) is 32.2 Å². The number of aliphatic hydroxyl groups excluding tert-OH is 2. The van der Waals surface area contributed by atoms with E-state index >= 15 is 0 Å². The number of ether oxygens (including phenoxy) is 4. The zero-order valence-corrected chi connectivity index (χ0v) is 18.6. The van der Waals surface area contributed by atoms with Crippen molar-refractivity contribution >= 4 is 5.97 Å². The van der Waals surface area contributed by atoms with Gasteiger partial charge in [0.25, 0.3) is 0 Å². The summed E-state index contributed by atoms with van der Waals surface area (Å²) >= 11 is 0. The second-order valence-electron chi connectivity index (χ2n) is 8.04. The van der Waals surface area contributed by atoms with Crippen molar-refractivity contribution in [2.24, 2.45) is 0 Å². The molecule has 2 N–H and O–H groups in total. The summed E-state index contributed by atoms with van der Waals surface area (Å²) in [6, 6.07) is 27.5. The van der Waals surface area contributed by atoms with Gasteiger partial charge in [0.05, 0.1) is 18.8 Å². The van der Waals surface area contributed by atoms with Crippen molar-refractivity contribution in [3.8, 4) is 0 Å². The predicted octanol–water partition coefficient (Wildman–Crippen LogP) is 3.09. The average Bonchev–Trinajstić information content (AvgIpc) is 2.89. The van der Waals surface area contributed by atoms with Crippen molar-refractivity contribution in [2.45, 2.75) is 43.9 Å². The lowest BCUT2D eigenvalue weighted by Crippen LogP contribution is -2.60. The predicted molar refractivity (Wildman–Crippen MR) is 124 cm³/mol. The van der Waals surface area contributed by atoms with E-state index in [1.807, 2.05) is 60.7 Å². The lowest BCUT2D eigenvalue weighted by molar-refractivity contribution is -0.307. The zero-order valence-electron chi connectivity index (χ0n) is 18.6. The fourth-order valence-corrected chi connectivity index (χ4v) is 3.76. The van der Waals surface area contributed by atoms with Gasteiger partial charge in [-0.25, -0.2) is 4.79 Å². The van der Waals surface area contributed by atoms with Crippen molar-refractivity contribution in [1.29, 1.82) is 0 Å². The fraction of sp³-hybridized carbons (Fsp3) is 0.296. The SMILES string of the molecule is O=C(OC[C@H]1O[C@@H](O)[C@H](OCc2ccccc2)[C@@H](OCc2ccccc2)[C@H]1O)c1ccccc1. The van der Waals surface area contributed by atoms with Gasteiger partial charge in [0, 0.05) is 0 Å². The van der Waals surface area contributed by atoms with Crippen LogP contribution in [0.5, 0.6) is 0 Å². The number of rotatable bonds is 9. The van der Waals surface area contributed by atoms with Gasteiger partial charge in [0.2, 0.25) is 0 Å². The van der Waals surface area contributed by atoms with Crippen LogP contribution >= 0.6 is 0 Å². The molecule has 3 aromatic carbocycles. The minimum Gasteiger partial charge on any atom is -0.459 e. The second kappa shape index (κ2) is 11.9. The maximum Gasteiger partial charge on any atom is 0.338 e. The highest BCUT2D eigenvalue weighted by atomic mass is 16.7. The van der Waals surface area contributed by atoms with Gasteiger partial charge in [-0.15, -0.1) is 0 Å². The number of benzene rings is 3. The standard InChI is InChI=1S/C27H28O7/c28-23-22(18-33-26(29)21-14-8-3-9-15-21)34-27(30)25(32-17-20-12-6-2-7-13-20)24(23)31-16-19-10-4-1-5-11-19/h1-15,22-25,27-28,30H,16-18H2/t22-,23+,24+,25-,27-/m1/s1. The fourth-order valence-electron chi connectivity index (χ4n) is 3.76. The summed E-state index contributed by atoms with van der Waals surface area (Å²) in [6.07, 6.45) is -5.42. The van der Waals surface area contributed by atoms with E-state index in [2.05, 4.69) is 0 Å². The quantitative estimate of drug-likeness (QED) is 0.470. The first-order valence-corrected chi connectivity index (χ1v) is 11.2. The molecule has 7 nitrogen and oxygen atoms in total. The van der Waals surface area contributed by atoms with E-state index in [4.69, 9.17) is 18.9 Å². The molecule has 7 heteroatoms. The minimum absolute atomic E-state index is 0.205. The summed E-state index contributed by atoms with van der Waals surface area (Å²) in [5.41, 5.74) is 2.20. The van der Waals surface area contributed by atoms with Crippen LogP contribution < -0.4 is 0 Å². The highest BCUT2D eigenvalue weighted by molar-refractivity contribution is 5.89. The van der Waals surface area contributed by atoms with Crippen LogP contribution in [0.4, 0.5) is 0 Å². The van der Waals surface area contributed by atoms with E-state index in [-0.39, 0.29) is 19.8 Å². The van der Waals surface area contributed by atoms with E-state index in [0.717, 1.165) is 11.1 Å². The Bertz CT molecular complexity index is 1010. The Hall–Kier alpha value is -3.07. The van der Waals surface area contributed by atoms with E-state index in [1.165, 1.54) is 0 Å². The first kappa shape index (κ1) is 24.1. The van der Waals surface area contributed by atoms with Gasteiger partial charge in [0.1, 0.15) is 31.0 Å². The molecule has 1 aliphatic rings. The molecule has 0 radical (unpaired) electrons. The van der Waals surface area contributed by atoms with Crippen molar-refractivity contribution in [1.82, 2.24) is 0 Å². The molecule has 0 bridgehead atoms. The lowest BCUT2D eigenvalue weighted by atomic mass is 9.98. The van der Waals surface area contributed by atoms with Crippen molar-refractivity contribution in [3.05, 3.63) is 108 Å². The molecule has 0 spiro atoms. The summed E-state index contributed by atoms with van der Waals surface area (Å²) in [5.74, 6) is -0.546. The number of esters is 1. The molecule has 1 fully saturated rings. The highest BCUT2D eigenvalue weighted by Crippen LogP contribution is 2.27. The summed E-state index contributed by atoms with van der Waals surface area (Å²) in [4.78, 5) is 12.3. The number of carbonyl (C=O) groups is 1. The van der Waals surface area contributed by atoms with Gasteiger partial charge in [0.15, 0.2) is 6.29 Å². The third kappa shape index (κ3) is 6.28. The first-order valence-electron chi connectivity index (χ1n) is 11.2. The molecule has 1 saturated heterocycles. The van der Waals surface area contributed by atoms with Crippen LogP contribution in [0.2, 0.25) is 0 Å². The molecule has 178 valence electrons. The van der Waals surface area contributed by atoms with Crippen molar-refractivity contribution in [2.75, 3.05) is 6.61 Å². The van der Waals surface area contributed by atoms with Gasteiger partial charge >= 0.3 is 5.97 Å². The normalized spacial score (nSPS) is 24.5. The average molecular weight is 465 g/mol. The first-order chi connectivity index (χ1) is 16.6. The van der Waals surface area contributed by atoms with Crippen LogP contribution in [0, 0.1) is 0 Å². The number of carbonyl (C=O) groups excluding carboxylic acids is 1. The van der Waals surface area contributed by atoms with E-state index < -0.39 is 36.7 Å². The van der Waals surface area contributed by atoms with Gasteiger partial charge in [-0.05, 0) is 23.3 Å². The molecule has 0 aromatic heterocycles. The van der Waals surface area contributed by atoms with E-state index in [0.29, 0.717) is 5.56 Å². The molecule has 5 atom stereocenters. The minimum atomic E-state index is -1.38. The number of hydrogen-bond donors (Lipinski definition) is 2. The summed E-state index contributed by atoms with van der Waals surface area (Å²) in [7, 11) is 0. The second-order valence-corrected chi connectivity index (χ2v) is 8.04. The molecule has 0 aliphatic carbocycles. The number of aliphatic hydroxyl groups is 2. The van der Waals surface area contributed by atoms with Crippen LogP contribution in [0.3, 0.4) is 0 Å². The Morgan fingerprint density at radius 3 is 1.79 bits per heavy atom. The summed E-state index contributed by atoms with van der Waals surface area (Å²) in [5, 5.41) is 21.7. The molecule has 3 aromatic rings. The largest absolute Gasteiger partial charge is 0.459 e. The molecule has 0 amide bonds. The molecule has 0 unspecified atom stereocenters. The van der Waals surface area contributed by atoms with Crippen molar-refractivity contribution < 1.29 is 34.0 Å². The Labute approximate surface area is 198 Å². The van der Waals surface area contributed by atoms with E-state index in [1.54, 1.807) is 30.3 Å². The summed E-state index contributed by atoms with van der Waals surface area (Å²) in [6.45, 7) is 0.164. The Kier molecular flexibility index (Phi) is 8.41. The van der Waals surface area contributed by atoms with Crippen LogP contribution in [0.25, 0.3) is 0 Å². The zero-order chi connectivity index (χ0) is 23.8. The lowest BCUT2D eigenvalue weighted by Gasteiger charge is -2.42. The Balaban J connectivity index is 1.44. The van der Waals surface area contributed by atoms with Gasteiger partial charge in [-0.3, -0.25) is 0 Å². The van der Waals surface area contributed by atoms with Gasteiger partial charge < -0.3 is 29.2 Å². The Morgan fingerprint density at radius 1 is 0.735 bits per heavy atom. The van der Waals surface area contributed by atoms with Gasteiger partial charge in [-0.1, -0.05) is 78.9 Å². The third-order valence-corrected chi connectivity index (χ3v) is 5.60. The maximum absolute atomic E-state index is 12.3. The Morgan fingerprint density at radius 2 is 1.24 bits per heavy atom. The summed E-state index contributed by atoms with van der Waals surface area (Å²) < 4.78 is 22.9. The molecule has 4 rings (SSSR count). The van der Waals surface area contributed by atoms with Crippen LogP contribution in [0.1, 0.15) is 21.5 Å². The van der Waals surface area contributed by atoms with Crippen molar-refractivity contribution in [3.63, 3.8) is 0 Å². The van der Waals surface area contributed by atoms with E-state index in [9.17, 15) is 15.0 Å². The number of hydrogen-bond acceptors (Lipinski definition) is 7. The molecule has 34 heavy (non-hydrogen) atoms. The third-order valence-electron chi connectivity index (χ3n) is 5.60. The van der Waals surface area contributed by atoms with Gasteiger partial charge in [-0.2, -0.15) is 0 Å². The molecular weight excluding hydrogens is 436 g/mol. The smallest absolute Gasteiger partial charge is 0.338 e. The monoisotopic (exact) mass is 464 g/mol. The molecule has 1 aliphatic heterocycles.